The maximum atomic E-state index is 11.5. The van der Waals surface area contributed by atoms with E-state index in [2.05, 4.69) is 24.3 Å². The number of esters is 1. The number of carbonyl (C=O) groups is 1. The molecule has 0 amide bonds. The summed E-state index contributed by atoms with van der Waals surface area (Å²) in [5, 5.41) is 0. The summed E-state index contributed by atoms with van der Waals surface area (Å²) in [6.07, 6.45) is 8.15. The molecule has 0 saturated heterocycles. The van der Waals surface area contributed by atoms with E-state index in [1.54, 1.807) is 18.2 Å². The number of fused-ring (bicyclic) bond motifs is 1. The van der Waals surface area contributed by atoms with Gasteiger partial charge in [-0.15, -0.1) is 0 Å². The molecule has 2 aromatic carbocycles. The second-order valence-electron chi connectivity index (χ2n) is 6.20. The van der Waals surface area contributed by atoms with Gasteiger partial charge in [0.05, 0.1) is 25.9 Å². The Hall–Kier alpha value is -2.75. The van der Waals surface area contributed by atoms with Crippen molar-refractivity contribution >= 4 is 5.97 Å². The monoisotopic (exact) mass is 352 g/mol. The number of allylic oxidation sites excluding steroid dienone is 2. The fraction of sp³-hybridized carbons (Fsp3) is 0.318. The van der Waals surface area contributed by atoms with Gasteiger partial charge < -0.3 is 14.2 Å². The fourth-order valence-electron chi connectivity index (χ4n) is 2.99. The Kier molecular flexibility index (Phi) is 6.31. The average molecular weight is 352 g/mol. The Labute approximate surface area is 154 Å². The molecule has 0 bridgehead atoms. The molecule has 0 saturated carbocycles. The molecule has 3 rings (SSSR count). The number of ether oxygens (including phenoxy) is 3. The number of carbonyl (C=O) groups excluding carboxylic acids is 1. The third-order valence-electron chi connectivity index (χ3n) is 4.38. The molecule has 0 N–H and O–H groups in total. The van der Waals surface area contributed by atoms with Crippen molar-refractivity contribution in [2.45, 2.75) is 25.7 Å². The molecule has 0 aliphatic heterocycles. The second-order valence-corrected chi connectivity index (χ2v) is 6.20. The van der Waals surface area contributed by atoms with Crippen LogP contribution in [-0.4, -0.2) is 26.3 Å². The summed E-state index contributed by atoms with van der Waals surface area (Å²) in [7, 11) is 1.37. The minimum absolute atomic E-state index is 0.357. The molecule has 0 radical (unpaired) electrons. The van der Waals surface area contributed by atoms with Crippen LogP contribution in [0.4, 0.5) is 0 Å². The fourth-order valence-corrected chi connectivity index (χ4v) is 2.99. The molecule has 2 aromatic rings. The first kappa shape index (κ1) is 18.1. The molecule has 0 atom stereocenters. The molecule has 1 aliphatic carbocycles. The average Bonchev–Trinajstić information content (AvgIpc) is 2.70. The van der Waals surface area contributed by atoms with Gasteiger partial charge in [-0.25, -0.2) is 4.79 Å². The summed E-state index contributed by atoms with van der Waals surface area (Å²) in [6.45, 7) is 1.26. The maximum absolute atomic E-state index is 11.5. The number of hydrogen-bond donors (Lipinski definition) is 0. The third kappa shape index (κ3) is 4.66. The van der Waals surface area contributed by atoms with E-state index in [9.17, 15) is 4.79 Å². The zero-order valence-corrected chi connectivity index (χ0v) is 15.1. The normalized spacial score (nSPS) is 12.3. The van der Waals surface area contributed by atoms with Gasteiger partial charge in [-0.05, 0) is 55.5 Å². The van der Waals surface area contributed by atoms with Gasteiger partial charge in [-0.3, -0.25) is 0 Å². The summed E-state index contributed by atoms with van der Waals surface area (Å²) < 4.78 is 16.4. The van der Waals surface area contributed by atoms with E-state index in [0.29, 0.717) is 24.5 Å². The van der Waals surface area contributed by atoms with Crippen molar-refractivity contribution < 1.29 is 19.0 Å². The SMILES string of the molecule is COC(=O)c1cccc(OCCCCOc2cccc3c2CC=CC3)c1. The maximum Gasteiger partial charge on any atom is 0.337 e. The van der Waals surface area contributed by atoms with Gasteiger partial charge in [0.2, 0.25) is 0 Å². The first-order valence-corrected chi connectivity index (χ1v) is 8.97. The van der Waals surface area contributed by atoms with Crippen molar-refractivity contribution in [1.29, 1.82) is 0 Å². The molecule has 4 heteroatoms. The van der Waals surface area contributed by atoms with Crippen LogP contribution in [0.15, 0.2) is 54.6 Å². The summed E-state index contributed by atoms with van der Waals surface area (Å²) >= 11 is 0. The van der Waals surface area contributed by atoms with Gasteiger partial charge in [0.15, 0.2) is 0 Å². The van der Waals surface area contributed by atoms with Crippen LogP contribution in [0, 0.1) is 0 Å². The standard InChI is InChI=1S/C22H24O4/c1-24-22(23)18-10-6-11-19(16-18)25-14-4-5-15-26-21-13-7-9-17-8-2-3-12-20(17)21/h2-3,6-7,9-11,13,16H,4-5,8,12,14-15H2,1H3. The Morgan fingerprint density at radius 2 is 1.73 bits per heavy atom. The molecule has 136 valence electrons. The molecule has 4 nitrogen and oxygen atoms in total. The number of hydrogen-bond acceptors (Lipinski definition) is 4. The van der Waals surface area contributed by atoms with E-state index >= 15 is 0 Å². The Morgan fingerprint density at radius 3 is 2.58 bits per heavy atom. The lowest BCUT2D eigenvalue weighted by Crippen LogP contribution is -2.06. The highest BCUT2D eigenvalue weighted by Gasteiger charge is 2.10. The van der Waals surface area contributed by atoms with Crippen LogP contribution in [-0.2, 0) is 17.6 Å². The minimum Gasteiger partial charge on any atom is -0.494 e. The van der Waals surface area contributed by atoms with E-state index in [1.165, 1.54) is 18.2 Å². The van der Waals surface area contributed by atoms with Gasteiger partial charge in [-0.2, -0.15) is 0 Å². The van der Waals surface area contributed by atoms with E-state index in [4.69, 9.17) is 14.2 Å². The predicted molar refractivity (Wildman–Crippen MR) is 101 cm³/mol. The topological polar surface area (TPSA) is 44.8 Å². The van der Waals surface area contributed by atoms with Gasteiger partial charge in [-0.1, -0.05) is 30.4 Å². The van der Waals surface area contributed by atoms with Crippen LogP contribution in [0.25, 0.3) is 0 Å². The van der Waals surface area contributed by atoms with Crippen molar-refractivity contribution in [2.24, 2.45) is 0 Å². The lowest BCUT2D eigenvalue weighted by molar-refractivity contribution is 0.0600. The number of rotatable bonds is 8. The highest BCUT2D eigenvalue weighted by molar-refractivity contribution is 5.89. The Bertz CT molecular complexity index is 779. The van der Waals surface area contributed by atoms with Gasteiger partial charge in [0.1, 0.15) is 11.5 Å². The lowest BCUT2D eigenvalue weighted by Gasteiger charge is -2.16. The van der Waals surface area contributed by atoms with E-state index in [-0.39, 0.29) is 5.97 Å². The highest BCUT2D eigenvalue weighted by Crippen LogP contribution is 2.27. The third-order valence-corrected chi connectivity index (χ3v) is 4.38. The van der Waals surface area contributed by atoms with E-state index in [0.717, 1.165) is 31.4 Å². The highest BCUT2D eigenvalue weighted by atomic mass is 16.5. The largest absolute Gasteiger partial charge is 0.494 e. The molecule has 0 aromatic heterocycles. The summed E-state index contributed by atoms with van der Waals surface area (Å²) in [4.78, 5) is 11.5. The van der Waals surface area contributed by atoms with Crippen LogP contribution in [0.1, 0.15) is 34.3 Å². The summed E-state index contributed by atoms with van der Waals surface area (Å²) in [5.74, 6) is 1.32. The Morgan fingerprint density at radius 1 is 0.962 bits per heavy atom. The van der Waals surface area contributed by atoms with Crippen LogP contribution in [0.2, 0.25) is 0 Å². The van der Waals surface area contributed by atoms with Crippen molar-refractivity contribution in [2.75, 3.05) is 20.3 Å². The quantitative estimate of drug-likeness (QED) is 0.402. The first-order valence-electron chi connectivity index (χ1n) is 8.97. The van der Waals surface area contributed by atoms with Crippen LogP contribution < -0.4 is 9.47 Å². The van der Waals surface area contributed by atoms with Crippen molar-refractivity contribution in [3.63, 3.8) is 0 Å². The molecular formula is C22H24O4. The molecule has 0 unspecified atom stereocenters. The smallest absolute Gasteiger partial charge is 0.337 e. The number of unbranched alkanes of at least 4 members (excludes halogenated alkanes) is 1. The molecule has 0 heterocycles. The first-order chi connectivity index (χ1) is 12.8. The minimum atomic E-state index is -0.357. The van der Waals surface area contributed by atoms with Crippen molar-refractivity contribution in [1.82, 2.24) is 0 Å². The molecular weight excluding hydrogens is 328 g/mol. The Balaban J connectivity index is 1.40. The zero-order valence-electron chi connectivity index (χ0n) is 15.1. The van der Waals surface area contributed by atoms with Crippen LogP contribution in [0.5, 0.6) is 11.5 Å². The summed E-state index contributed by atoms with van der Waals surface area (Å²) in [5.41, 5.74) is 3.17. The lowest BCUT2D eigenvalue weighted by atomic mass is 9.96. The predicted octanol–water partition coefficient (Wildman–Crippen LogP) is 4.37. The van der Waals surface area contributed by atoms with Crippen molar-refractivity contribution in [3.05, 3.63) is 71.3 Å². The van der Waals surface area contributed by atoms with Crippen LogP contribution in [0.3, 0.4) is 0 Å². The van der Waals surface area contributed by atoms with Gasteiger partial charge in [0.25, 0.3) is 0 Å². The molecule has 26 heavy (non-hydrogen) atoms. The molecule has 1 aliphatic rings. The zero-order chi connectivity index (χ0) is 18.2. The molecule has 0 fully saturated rings. The van der Waals surface area contributed by atoms with Gasteiger partial charge >= 0.3 is 5.97 Å². The second kappa shape index (κ2) is 9.09. The van der Waals surface area contributed by atoms with Gasteiger partial charge in [0, 0.05) is 5.56 Å². The molecule has 0 spiro atoms. The van der Waals surface area contributed by atoms with E-state index in [1.807, 2.05) is 12.1 Å². The number of benzene rings is 2. The summed E-state index contributed by atoms with van der Waals surface area (Å²) in [6, 6.07) is 13.3. The van der Waals surface area contributed by atoms with Crippen LogP contribution >= 0.6 is 0 Å². The number of methoxy groups -OCH3 is 1. The van der Waals surface area contributed by atoms with E-state index < -0.39 is 0 Å². The van der Waals surface area contributed by atoms with Crippen molar-refractivity contribution in [3.8, 4) is 11.5 Å².